The van der Waals surface area contributed by atoms with Gasteiger partial charge in [0.15, 0.2) is 0 Å². The molecule has 2 rings (SSSR count). The summed E-state index contributed by atoms with van der Waals surface area (Å²) in [5.41, 5.74) is 6.37. The molecule has 100 valence electrons. The Balaban J connectivity index is 2.03. The van der Waals surface area contributed by atoms with Gasteiger partial charge in [-0.25, -0.2) is 0 Å². The summed E-state index contributed by atoms with van der Waals surface area (Å²) in [4.78, 5) is 2.69. The van der Waals surface area contributed by atoms with Crippen LogP contribution in [0.15, 0.2) is 0 Å². The molecule has 1 atom stereocenters. The summed E-state index contributed by atoms with van der Waals surface area (Å²) in [5.74, 6) is 0.953. The molecule has 0 aromatic rings. The van der Waals surface area contributed by atoms with Crippen LogP contribution in [0.2, 0.25) is 0 Å². The lowest BCUT2D eigenvalue weighted by Crippen LogP contribution is -2.55. The number of rotatable bonds is 6. The second-order valence-electron chi connectivity index (χ2n) is 5.78. The number of ether oxygens (including phenoxy) is 1. The van der Waals surface area contributed by atoms with E-state index in [0.717, 1.165) is 32.1 Å². The van der Waals surface area contributed by atoms with Gasteiger partial charge >= 0.3 is 0 Å². The summed E-state index contributed by atoms with van der Waals surface area (Å²) in [6.07, 6.45) is 7.60. The fourth-order valence-electron chi connectivity index (χ4n) is 3.05. The van der Waals surface area contributed by atoms with E-state index in [0.29, 0.717) is 0 Å². The number of nitrogens with zero attached hydrogens (tertiary/aromatic N) is 1. The van der Waals surface area contributed by atoms with Gasteiger partial charge in [-0.2, -0.15) is 0 Å². The average molecular weight is 240 g/mol. The van der Waals surface area contributed by atoms with Crippen LogP contribution in [-0.4, -0.2) is 43.3 Å². The molecule has 1 saturated carbocycles. The highest BCUT2D eigenvalue weighted by molar-refractivity contribution is 4.95. The van der Waals surface area contributed by atoms with Gasteiger partial charge in [-0.3, -0.25) is 4.90 Å². The molecule has 2 fully saturated rings. The van der Waals surface area contributed by atoms with E-state index >= 15 is 0 Å². The Kier molecular flexibility index (Phi) is 4.83. The van der Waals surface area contributed by atoms with E-state index in [1.807, 2.05) is 0 Å². The summed E-state index contributed by atoms with van der Waals surface area (Å²) in [7, 11) is 0. The van der Waals surface area contributed by atoms with E-state index < -0.39 is 0 Å². The normalized spacial score (nSPS) is 30.5. The van der Waals surface area contributed by atoms with Gasteiger partial charge in [0.2, 0.25) is 0 Å². The van der Waals surface area contributed by atoms with Crippen molar-refractivity contribution in [1.29, 1.82) is 0 Å². The van der Waals surface area contributed by atoms with Crippen LogP contribution in [0.3, 0.4) is 0 Å². The van der Waals surface area contributed by atoms with Crippen LogP contribution in [-0.2, 0) is 4.74 Å². The van der Waals surface area contributed by atoms with Crippen molar-refractivity contribution in [1.82, 2.24) is 4.90 Å². The van der Waals surface area contributed by atoms with Gasteiger partial charge in [0, 0.05) is 31.8 Å². The molecule has 3 nitrogen and oxygen atoms in total. The van der Waals surface area contributed by atoms with Crippen LogP contribution >= 0.6 is 0 Å². The number of nitrogens with two attached hydrogens (primary N) is 1. The Labute approximate surface area is 106 Å². The molecule has 1 aliphatic heterocycles. The zero-order chi connectivity index (χ0) is 12.1. The number of hydrogen-bond acceptors (Lipinski definition) is 3. The first-order valence-electron chi connectivity index (χ1n) is 7.33. The van der Waals surface area contributed by atoms with Crippen molar-refractivity contribution in [2.24, 2.45) is 11.7 Å². The second kappa shape index (κ2) is 6.17. The minimum atomic E-state index is 0.231. The molecule has 3 heteroatoms. The quantitative estimate of drug-likeness (QED) is 0.772. The van der Waals surface area contributed by atoms with Crippen LogP contribution in [0.1, 0.15) is 45.4 Å². The van der Waals surface area contributed by atoms with Gasteiger partial charge in [-0.15, -0.1) is 0 Å². The average Bonchev–Trinajstić information content (AvgIpc) is 3.15. The molecule has 0 aromatic carbocycles. The molecular weight excluding hydrogens is 212 g/mol. The van der Waals surface area contributed by atoms with Gasteiger partial charge in [0.25, 0.3) is 0 Å². The Morgan fingerprint density at radius 2 is 2.12 bits per heavy atom. The van der Waals surface area contributed by atoms with Crippen molar-refractivity contribution in [3.63, 3.8) is 0 Å². The topological polar surface area (TPSA) is 38.5 Å². The molecule has 0 spiro atoms. The highest BCUT2D eigenvalue weighted by Crippen LogP contribution is 2.35. The monoisotopic (exact) mass is 240 g/mol. The highest BCUT2D eigenvalue weighted by atomic mass is 16.5. The van der Waals surface area contributed by atoms with E-state index in [-0.39, 0.29) is 5.54 Å². The lowest BCUT2D eigenvalue weighted by Gasteiger charge is -2.43. The fourth-order valence-corrected chi connectivity index (χ4v) is 3.05. The van der Waals surface area contributed by atoms with Crippen molar-refractivity contribution >= 4 is 0 Å². The second-order valence-corrected chi connectivity index (χ2v) is 5.78. The van der Waals surface area contributed by atoms with E-state index in [1.165, 1.54) is 45.2 Å². The third-order valence-electron chi connectivity index (χ3n) is 4.36. The van der Waals surface area contributed by atoms with Gasteiger partial charge in [0.05, 0.1) is 0 Å². The maximum absolute atomic E-state index is 6.14. The molecule has 0 radical (unpaired) electrons. The zero-order valence-electron chi connectivity index (χ0n) is 11.3. The molecule has 0 bridgehead atoms. The van der Waals surface area contributed by atoms with Crippen LogP contribution < -0.4 is 5.73 Å². The maximum Gasteiger partial charge on any atom is 0.0484 e. The third-order valence-corrected chi connectivity index (χ3v) is 4.36. The predicted octanol–water partition coefficient (Wildman–Crippen LogP) is 2.01. The Morgan fingerprint density at radius 1 is 1.29 bits per heavy atom. The van der Waals surface area contributed by atoms with Crippen molar-refractivity contribution in [2.45, 2.75) is 51.0 Å². The molecule has 2 N–H and O–H groups in total. The van der Waals surface area contributed by atoms with Gasteiger partial charge in [-0.05, 0) is 51.0 Å². The van der Waals surface area contributed by atoms with E-state index in [1.54, 1.807) is 0 Å². The lowest BCUT2D eigenvalue weighted by atomic mass is 9.88. The highest BCUT2D eigenvalue weighted by Gasteiger charge is 2.38. The summed E-state index contributed by atoms with van der Waals surface area (Å²) in [5, 5.41) is 0. The van der Waals surface area contributed by atoms with Crippen LogP contribution in [0, 0.1) is 5.92 Å². The van der Waals surface area contributed by atoms with Crippen LogP contribution in [0.4, 0.5) is 0 Å². The molecule has 1 saturated heterocycles. The van der Waals surface area contributed by atoms with Crippen LogP contribution in [0.5, 0.6) is 0 Å². The van der Waals surface area contributed by atoms with E-state index in [2.05, 4.69) is 11.8 Å². The lowest BCUT2D eigenvalue weighted by molar-refractivity contribution is 0.0625. The van der Waals surface area contributed by atoms with Crippen molar-refractivity contribution < 1.29 is 4.74 Å². The van der Waals surface area contributed by atoms with Crippen molar-refractivity contribution in [2.75, 3.05) is 32.8 Å². The van der Waals surface area contributed by atoms with Crippen LogP contribution in [0.25, 0.3) is 0 Å². The Morgan fingerprint density at radius 3 is 2.76 bits per heavy atom. The first-order valence-corrected chi connectivity index (χ1v) is 7.33. The van der Waals surface area contributed by atoms with E-state index in [4.69, 9.17) is 10.5 Å². The minimum Gasteiger partial charge on any atom is -0.381 e. The fraction of sp³-hybridized carbons (Fsp3) is 1.00. The van der Waals surface area contributed by atoms with Crippen molar-refractivity contribution in [3.05, 3.63) is 0 Å². The molecule has 0 aromatic heterocycles. The van der Waals surface area contributed by atoms with Gasteiger partial charge < -0.3 is 10.5 Å². The van der Waals surface area contributed by atoms with Gasteiger partial charge in [0.1, 0.15) is 0 Å². The first kappa shape index (κ1) is 13.3. The molecule has 1 unspecified atom stereocenters. The van der Waals surface area contributed by atoms with Crippen molar-refractivity contribution in [3.8, 4) is 0 Å². The maximum atomic E-state index is 6.14. The zero-order valence-corrected chi connectivity index (χ0v) is 11.3. The van der Waals surface area contributed by atoms with Gasteiger partial charge in [-0.1, -0.05) is 6.92 Å². The molecular formula is C14H28N2O. The molecule has 1 aliphatic carbocycles. The predicted molar refractivity (Wildman–Crippen MR) is 71.0 cm³/mol. The van der Waals surface area contributed by atoms with E-state index in [9.17, 15) is 0 Å². The largest absolute Gasteiger partial charge is 0.381 e. The third kappa shape index (κ3) is 3.43. The summed E-state index contributed by atoms with van der Waals surface area (Å²) in [6, 6.07) is 0. The summed E-state index contributed by atoms with van der Waals surface area (Å²) in [6.45, 7) is 7.35. The SMILES string of the molecule is CCCN(CC1CC1)C1(CN)CCCOCC1. The Bertz CT molecular complexity index is 220. The minimum absolute atomic E-state index is 0.231. The molecule has 1 heterocycles. The standard InChI is InChI=1S/C14H28N2O/c1-2-8-16(11-13-4-5-13)14(12-15)6-3-9-17-10-7-14/h13H,2-12,15H2,1H3. The molecule has 0 amide bonds. The smallest absolute Gasteiger partial charge is 0.0484 e. The first-order chi connectivity index (χ1) is 8.30. The molecule has 17 heavy (non-hydrogen) atoms. The summed E-state index contributed by atoms with van der Waals surface area (Å²) < 4.78 is 5.62. The Hall–Kier alpha value is -0.120. The molecule has 2 aliphatic rings. The number of hydrogen-bond donors (Lipinski definition) is 1. The summed E-state index contributed by atoms with van der Waals surface area (Å²) >= 11 is 0.